The van der Waals surface area contributed by atoms with E-state index in [0.717, 1.165) is 25.7 Å². The summed E-state index contributed by atoms with van der Waals surface area (Å²) in [6.45, 7) is 2.17. The van der Waals surface area contributed by atoms with E-state index in [1.807, 2.05) is 0 Å². The van der Waals surface area contributed by atoms with E-state index in [2.05, 4.69) is 24.2 Å². The van der Waals surface area contributed by atoms with Gasteiger partial charge >= 0.3 is 0 Å². The first kappa shape index (κ1) is 12.9. The second-order valence-electron chi connectivity index (χ2n) is 5.22. The molecule has 1 amide bonds. The summed E-state index contributed by atoms with van der Waals surface area (Å²) in [6, 6.07) is 2.10. The van der Waals surface area contributed by atoms with Crippen molar-refractivity contribution in [2.45, 2.75) is 32.6 Å². The van der Waals surface area contributed by atoms with Crippen molar-refractivity contribution in [2.75, 3.05) is 0 Å². The Morgan fingerprint density at radius 2 is 2.11 bits per heavy atom. The van der Waals surface area contributed by atoms with Crippen LogP contribution >= 0.6 is 12.2 Å². The van der Waals surface area contributed by atoms with E-state index in [1.165, 1.54) is 0 Å². The van der Waals surface area contributed by atoms with Gasteiger partial charge in [0.2, 0.25) is 5.91 Å². The molecule has 1 atom stereocenters. The number of thiocarbonyl (C=S) groups is 1. The Kier molecular flexibility index (Phi) is 3.34. The molecular formula is C13H15N3OS. The predicted molar refractivity (Wildman–Crippen MR) is 71.1 cm³/mol. The van der Waals surface area contributed by atoms with Crippen molar-refractivity contribution in [3.05, 3.63) is 5.57 Å². The van der Waals surface area contributed by atoms with Crippen LogP contribution < -0.4 is 5.32 Å². The van der Waals surface area contributed by atoms with Gasteiger partial charge in [0, 0.05) is 5.41 Å². The van der Waals surface area contributed by atoms with Crippen LogP contribution in [0.1, 0.15) is 32.6 Å². The molecule has 1 spiro atoms. The van der Waals surface area contributed by atoms with Crippen molar-refractivity contribution < 1.29 is 4.79 Å². The van der Waals surface area contributed by atoms with Gasteiger partial charge < -0.3 is 5.32 Å². The minimum absolute atomic E-state index is 0.274. The molecule has 1 heterocycles. The fraction of sp³-hybridized carbons (Fsp3) is 0.615. The van der Waals surface area contributed by atoms with E-state index in [4.69, 9.17) is 17.6 Å². The second-order valence-corrected chi connectivity index (χ2v) is 5.63. The Hall–Kier alpha value is -1.50. The summed E-state index contributed by atoms with van der Waals surface area (Å²) in [4.78, 5) is 12.2. The molecule has 0 aromatic rings. The molecule has 0 bridgehead atoms. The van der Waals surface area contributed by atoms with Crippen LogP contribution in [0, 0.1) is 34.0 Å². The number of amides is 1. The number of carbonyl (C=O) groups is 1. The van der Waals surface area contributed by atoms with Crippen LogP contribution in [0.4, 0.5) is 0 Å². The molecule has 2 fully saturated rings. The van der Waals surface area contributed by atoms with Gasteiger partial charge in [0.15, 0.2) is 0 Å². The van der Waals surface area contributed by atoms with E-state index < -0.39 is 11.3 Å². The van der Waals surface area contributed by atoms with Crippen LogP contribution in [-0.2, 0) is 4.79 Å². The van der Waals surface area contributed by atoms with Crippen LogP contribution in [-0.4, -0.2) is 16.8 Å². The molecule has 1 aliphatic heterocycles. The SMILES string of the molecule is CC1CCC2(CC1)C(=C=N)C(=S)NC(=O)[C@@H]2C#N. The van der Waals surface area contributed by atoms with E-state index in [0.29, 0.717) is 11.5 Å². The summed E-state index contributed by atoms with van der Waals surface area (Å²) < 4.78 is 0. The Labute approximate surface area is 112 Å². The van der Waals surface area contributed by atoms with Crippen LogP contribution in [0.15, 0.2) is 5.57 Å². The molecule has 1 saturated carbocycles. The van der Waals surface area contributed by atoms with E-state index in [1.54, 1.807) is 0 Å². The molecule has 94 valence electrons. The van der Waals surface area contributed by atoms with Crippen LogP contribution in [0.5, 0.6) is 0 Å². The average molecular weight is 261 g/mol. The van der Waals surface area contributed by atoms with Crippen LogP contribution in [0.25, 0.3) is 0 Å². The van der Waals surface area contributed by atoms with Gasteiger partial charge in [-0.2, -0.15) is 5.26 Å². The number of carbonyl (C=O) groups excluding carboxylic acids is 1. The topological polar surface area (TPSA) is 76.7 Å². The lowest BCUT2D eigenvalue weighted by molar-refractivity contribution is -0.126. The molecule has 1 saturated heterocycles. The number of nitrogens with zero attached hydrogens (tertiary/aromatic N) is 1. The maximum absolute atomic E-state index is 11.9. The Balaban J connectivity index is 2.49. The highest BCUT2D eigenvalue weighted by molar-refractivity contribution is 7.80. The lowest BCUT2D eigenvalue weighted by atomic mass is 9.59. The van der Waals surface area contributed by atoms with Crippen molar-refractivity contribution in [2.24, 2.45) is 17.3 Å². The van der Waals surface area contributed by atoms with Crippen molar-refractivity contribution in [3.8, 4) is 6.07 Å². The molecule has 0 unspecified atom stereocenters. The molecule has 1 aliphatic carbocycles. The zero-order valence-electron chi connectivity index (χ0n) is 10.2. The Morgan fingerprint density at radius 3 is 2.61 bits per heavy atom. The van der Waals surface area contributed by atoms with Crippen LogP contribution in [0.2, 0.25) is 0 Å². The lowest BCUT2D eigenvalue weighted by Gasteiger charge is -2.45. The monoisotopic (exact) mass is 261 g/mol. The van der Waals surface area contributed by atoms with Gasteiger partial charge in [-0.1, -0.05) is 19.1 Å². The highest BCUT2D eigenvalue weighted by Crippen LogP contribution is 2.50. The van der Waals surface area contributed by atoms with Gasteiger partial charge in [0.25, 0.3) is 0 Å². The quantitative estimate of drug-likeness (QED) is 0.397. The number of hydrogen-bond donors (Lipinski definition) is 2. The number of nitrogens with one attached hydrogen (secondary N) is 2. The molecule has 5 heteroatoms. The molecule has 2 aliphatic rings. The third kappa shape index (κ3) is 1.78. The average Bonchev–Trinajstić information content (AvgIpc) is 2.33. The first-order valence-corrected chi connectivity index (χ1v) is 6.51. The second kappa shape index (κ2) is 4.64. The zero-order valence-corrected chi connectivity index (χ0v) is 11.1. The molecule has 0 radical (unpaired) electrons. The summed E-state index contributed by atoms with van der Waals surface area (Å²) >= 11 is 5.13. The van der Waals surface area contributed by atoms with Gasteiger partial charge in [0.1, 0.15) is 10.9 Å². The van der Waals surface area contributed by atoms with Gasteiger partial charge in [-0.15, -0.1) is 0 Å². The van der Waals surface area contributed by atoms with Crippen molar-refractivity contribution in [1.82, 2.24) is 5.32 Å². The maximum atomic E-state index is 11.9. The van der Waals surface area contributed by atoms with E-state index in [-0.39, 0.29) is 10.9 Å². The molecule has 0 aromatic carbocycles. The number of hydrogen-bond acceptors (Lipinski definition) is 4. The minimum Gasteiger partial charge on any atom is -0.315 e. The van der Waals surface area contributed by atoms with Crippen LogP contribution in [0.3, 0.4) is 0 Å². The van der Waals surface area contributed by atoms with Gasteiger partial charge in [0.05, 0.1) is 11.6 Å². The number of nitriles is 1. The summed E-state index contributed by atoms with van der Waals surface area (Å²) in [7, 11) is 0. The Bertz CT molecular complexity index is 491. The normalized spacial score (nSPS) is 35.9. The highest BCUT2D eigenvalue weighted by Gasteiger charge is 2.52. The third-order valence-electron chi connectivity index (χ3n) is 4.20. The Morgan fingerprint density at radius 1 is 1.50 bits per heavy atom. The fourth-order valence-corrected chi connectivity index (χ4v) is 3.40. The fourth-order valence-electron chi connectivity index (χ4n) is 3.05. The van der Waals surface area contributed by atoms with Crippen molar-refractivity contribution in [1.29, 1.82) is 10.7 Å². The number of piperidine rings is 1. The molecule has 18 heavy (non-hydrogen) atoms. The first-order chi connectivity index (χ1) is 8.55. The van der Waals surface area contributed by atoms with E-state index in [9.17, 15) is 10.1 Å². The smallest absolute Gasteiger partial charge is 0.243 e. The maximum Gasteiger partial charge on any atom is 0.243 e. The summed E-state index contributed by atoms with van der Waals surface area (Å²) in [5, 5.41) is 19.2. The molecule has 2 N–H and O–H groups in total. The molecule has 2 rings (SSSR count). The standard InChI is InChI=1S/C13H15N3OS/c1-8-2-4-13(5-3-8)9(6-14)11(17)16-12(18)10(13)7-15/h8-9,15H,2-5H2,1H3,(H,16,17,18)/t8?,9-,13?/m0/s1. The van der Waals surface area contributed by atoms with E-state index >= 15 is 0 Å². The van der Waals surface area contributed by atoms with Gasteiger partial charge in [-0.3, -0.25) is 10.2 Å². The predicted octanol–water partition coefficient (Wildman–Crippen LogP) is 1.95. The molecule has 4 nitrogen and oxygen atoms in total. The largest absolute Gasteiger partial charge is 0.315 e. The number of rotatable bonds is 0. The minimum atomic E-state index is -0.746. The first-order valence-electron chi connectivity index (χ1n) is 6.10. The zero-order chi connectivity index (χ0) is 13.3. The molecular weight excluding hydrogens is 246 g/mol. The summed E-state index contributed by atoms with van der Waals surface area (Å²) in [6.07, 6.45) is 3.39. The summed E-state index contributed by atoms with van der Waals surface area (Å²) in [5.74, 6) is 1.90. The van der Waals surface area contributed by atoms with Gasteiger partial charge in [-0.25, -0.2) is 0 Å². The highest BCUT2D eigenvalue weighted by atomic mass is 32.1. The lowest BCUT2D eigenvalue weighted by Crippen LogP contribution is -2.54. The third-order valence-corrected chi connectivity index (χ3v) is 4.50. The van der Waals surface area contributed by atoms with Crippen molar-refractivity contribution in [3.63, 3.8) is 0 Å². The summed E-state index contributed by atoms with van der Waals surface area (Å²) in [5.41, 5.74) is -0.0434. The van der Waals surface area contributed by atoms with Crippen molar-refractivity contribution >= 4 is 29.0 Å². The molecule has 0 aromatic heterocycles. The van der Waals surface area contributed by atoms with Gasteiger partial charge in [-0.05, 0) is 37.5 Å².